The van der Waals surface area contributed by atoms with Crippen LogP contribution in [0.3, 0.4) is 0 Å². The monoisotopic (exact) mass is 216 g/mol. The maximum absolute atomic E-state index is 2.38. The molecule has 1 aromatic carbocycles. The molecule has 0 radical (unpaired) electrons. The zero-order chi connectivity index (χ0) is 11.7. The van der Waals surface area contributed by atoms with Crippen molar-refractivity contribution in [1.82, 2.24) is 0 Å². The molecule has 2 unspecified atom stereocenters. The minimum absolute atomic E-state index is 0.806. The van der Waals surface area contributed by atoms with Crippen molar-refractivity contribution in [3.05, 3.63) is 35.4 Å². The van der Waals surface area contributed by atoms with E-state index in [9.17, 15) is 0 Å². The molecule has 1 aliphatic carbocycles. The van der Waals surface area contributed by atoms with Crippen LogP contribution in [0.15, 0.2) is 24.3 Å². The van der Waals surface area contributed by atoms with E-state index in [0.717, 1.165) is 23.7 Å². The van der Waals surface area contributed by atoms with Gasteiger partial charge in [0.05, 0.1) is 0 Å². The highest BCUT2D eigenvalue weighted by Gasteiger charge is 2.31. The van der Waals surface area contributed by atoms with Crippen LogP contribution in [0.25, 0.3) is 0 Å². The van der Waals surface area contributed by atoms with Crippen molar-refractivity contribution in [1.29, 1.82) is 0 Å². The van der Waals surface area contributed by atoms with Crippen LogP contribution in [0.5, 0.6) is 0 Å². The van der Waals surface area contributed by atoms with Crippen LogP contribution in [0.4, 0.5) is 0 Å². The molecule has 0 bridgehead atoms. The van der Waals surface area contributed by atoms with Gasteiger partial charge in [-0.3, -0.25) is 0 Å². The Morgan fingerprint density at radius 1 is 0.812 bits per heavy atom. The van der Waals surface area contributed by atoms with E-state index in [2.05, 4.69) is 52.0 Å². The number of benzene rings is 1. The number of rotatable bonds is 2. The summed E-state index contributed by atoms with van der Waals surface area (Å²) in [5.74, 6) is 3.35. The fourth-order valence-electron chi connectivity index (χ4n) is 3.23. The number of hydrogen-bond acceptors (Lipinski definition) is 0. The van der Waals surface area contributed by atoms with E-state index < -0.39 is 0 Å². The van der Waals surface area contributed by atoms with E-state index in [-0.39, 0.29) is 0 Å². The standard InChI is InChI=1S/C16H24/c1-11(2)15-9-13-7-5-6-8-14(13)10-16(15)12(3)4/h5-8,11-12,15-16H,9-10H2,1-4H3. The van der Waals surface area contributed by atoms with Crippen LogP contribution in [0.1, 0.15) is 38.8 Å². The Morgan fingerprint density at radius 3 is 1.50 bits per heavy atom. The molecule has 0 amide bonds. The average Bonchev–Trinajstić information content (AvgIpc) is 2.27. The summed E-state index contributed by atoms with van der Waals surface area (Å²) in [6, 6.07) is 9.01. The molecule has 16 heavy (non-hydrogen) atoms. The van der Waals surface area contributed by atoms with Crippen molar-refractivity contribution in [2.75, 3.05) is 0 Å². The summed E-state index contributed by atoms with van der Waals surface area (Å²) >= 11 is 0. The Hall–Kier alpha value is -0.780. The van der Waals surface area contributed by atoms with Crippen molar-refractivity contribution >= 4 is 0 Å². The molecule has 0 nitrogen and oxygen atoms in total. The van der Waals surface area contributed by atoms with E-state index in [0.29, 0.717) is 0 Å². The molecule has 0 fully saturated rings. The Morgan fingerprint density at radius 2 is 1.19 bits per heavy atom. The molecule has 0 aliphatic heterocycles. The second-order valence-electron chi connectivity index (χ2n) is 5.99. The lowest BCUT2D eigenvalue weighted by molar-refractivity contribution is 0.181. The van der Waals surface area contributed by atoms with Crippen LogP contribution in [0, 0.1) is 23.7 Å². The average molecular weight is 216 g/mol. The van der Waals surface area contributed by atoms with Gasteiger partial charge in [-0.15, -0.1) is 0 Å². The molecule has 0 aromatic heterocycles. The first-order valence-corrected chi connectivity index (χ1v) is 6.66. The molecule has 0 heteroatoms. The van der Waals surface area contributed by atoms with E-state index in [1.54, 1.807) is 11.1 Å². The van der Waals surface area contributed by atoms with Crippen molar-refractivity contribution in [3.63, 3.8) is 0 Å². The van der Waals surface area contributed by atoms with E-state index in [1.807, 2.05) is 0 Å². The molecule has 1 aromatic rings. The third-order valence-corrected chi connectivity index (χ3v) is 4.29. The molecule has 0 heterocycles. The molecule has 2 rings (SSSR count). The van der Waals surface area contributed by atoms with E-state index in [4.69, 9.17) is 0 Å². The quantitative estimate of drug-likeness (QED) is 0.690. The lowest BCUT2D eigenvalue weighted by Crippen LogP contribution is -2.32. The first-order valence-electron chi connectivity index (χ1n) is 6.66. The molecule has 0 saturated carbocycles. The van der Waals surface area contributed by atoms with Gasteiger partial charge < -0.3 is 0 Å². The predicted octanol–water partition coefficient (Wildman–Crippen LogP) is 4.33. The maximum atomic E-state index is 2.38. The largest absolute Gasteiger partial charge is 0.0625 e. The van der Waals surface area contributed by atoms with Crippen molar-refractivity contribution < 1.29 is 0 Å². The SMILES string of the molecule is CC(C)C1Cc2ccccc2CC1C(C)C. The first-order chi connectivity index (χ1) is 7.59. The van der Waals surface area contributed by atoms with Gasteiger partial charge in [-0.2, -0.15) is 0 Å². The van der Waals surface area contributed by atoms with Crippen molar-refractivity contribution in [2.24, 2.45) is 23.7 Å². The summed E-state index contributed by atoms with van der Waals surface area (Å²) in [5, 5.41) is 0. The Kier molecular flexibility index (Phi) is 3.37. The normalized spacial score (nSPS) is 24.9. The third-order valence-electron chi connectivity index (χ3n) is 4.29. The van der Waals surface area contributed by atoms with Gasteiger partial charge in [0.15, 0.2) is 0 Å². The van der Waals surface area contributed by atoms with E-state index >= 15 is 0 Å². The Bertz CT molecular complexity index is 314. The smallest absolute Gasteiger partial charge is 0.0242 e. The molecule has 88 valence electrons. The van der Waals surface area contributed by atoms with Crippen LogP contribution < -0.4 is 0 Å². The Labute approximate surface area is 100 Å². The highest BCUT2D eigenvalue weighted by atomic mass is 14.4. The van der Waals surface area contributed by atoms with Gasteiger partial charge in [0.2, 0.25) is 0 Å². The summed E-state index contributed by atoms with van der Waals surface area (Å²) in [7, 11) is 0. The van der Waals surface area contributed by atoms with Crippen LogP contribution >= 0.6 is 0 Å². The molecule has 1 aliphatic rings. The van der Waals surface area contributed by atoms with Gasteiger partial charge in [-0.05, 0) is 47.6 Å². The van der Waals surface area contributed by atoms with Gasteiger partial charge in [0, 0.05) is 0 Å². The minimum Gasteiger partial charge on any atom is -0.0625 e. The van der Waals surface area contributed by atoms with Gasteiger partial charge in [0.25, 0.3) is 0 Å². The highest BCUT2D eigenvalue weighted by molar-refractivity contribution is 5.30. The van der Waals surface area contributed by atoms with Gasteiger partial charge >= 0.3 is 0 Å². The fraction of sp³-hybridized carbons (Fsp3) is 0.625. The van der Waals surface area contributed by atoms with Crippen LogP contribution in [-0.4, -0.2) is 0 Å². The van der Waals surface area contributed by atoms with Gasteiger partial charge in [0.1, 0.15) is 0 Å². The molecule has 0 spiro atoms. The van der Waals surface area contributed by atoms with E-state index in [1.165, 1.54) is 12.8 Å². The van der Waals surface area contributed by atoms with Gasteiger partial charge in [-0.1, -0.05) is 52.0 Å². The summed E-state index contributed by atoms with van der Waals surface area (Å²) in [6.07, 6.45) is 2.58. The molecule has 0 saturated heterocycles. The summed E-state index contributed by atoms with van der Waals surface area (Å²) in [5.41, 5.74) is 3.19. The topological polar surface area (TPSA) is 0 Å². The Balaban J connectivity index is 2.29. The predicted molar refractivity (Wildman–Crippen MR) is 70.5 cm³/mol. The van der Waals surface area contributed by atoms with Crippen molar-refractivity contribution in [2.45, 2.75) is 40.5 Å². The molecular formula is C16H24. The first kappa shape index (κ1) is 11.7. The van der Waals surface area contributed by atoms with Gasteiger partial charge in [-0.25, -0.2) is 0 Å². The number of fused-ring (bicyclic) bond motifs is 1. The highest BCUT2D eigenvalue weighted by Crippen LogP contribution is 2.38. The third kappa shape index (κ3) is 2.16. The fourth-order valence-corrected chi connectivity index (χ4v) is 3.23. The zero-order valence-electron chi connectivity index (χ0n) is 11.0. The lowest BCUT2D eigenvalue weighted by Gasteiger charge is -2.38. The number of hydrogen-bond donors (Lipinski definition) is 0. The second-order valence-corrected chi connectivity index (χ2v) is 5.99. The summed E-state index contributed by atoms with van der Waals surface area (Å²) in [6.45, 7) is 9.53. The molecule has 2 atom stereocenters. The lowest BCUT2D eigenvalue weighted by atomic mass is 9.67. The maximum Gasteiger partial charge on any atom is -0.0242 e. The summed E-state index contributed by atoms with van der Waals surface area (Å²) in [4.78, 5) is 0. The minimum atomic E-state index is 0.806. The van der Waals surface area contributed by atoms with Crippen molar-refractivity contribution in [3.8, 4) is 0 Å². The van der Waals surface area contributed by atoms with Crippen LogP contribution in [-0.2, 0) is 12.8 Å². The molecular weight excluding hydrogens is 192 g/mol. The second kappa shape index (κ2) is 4.61. The summed E-state index contributed by atoms with van der Waals surface area (Å²) < 4.78 is 0. The zero-order valence-corrected chi connectivity index (χ0v) is 11.0. The van der Waals surface area contributed by atoms with Crippen LogP contribution in [0.2, 0.25) is 0 Å². The molecule has 0 N–H and O–H groups in total.